The molecule has 0 bridgehead atoms. The van der Waals surface area contributed by atoms with Crippen LogP contribution in [0.25, 0.3) is 0 Å². The Morgan fingerprint density at radius 2 is 1.68 bits per heavy atom. The molecule has 1 amide bonds. The van der Waals surface area contributed by atoms with Crippen LogP contribution in [0.4, 0.5) is 5.69 Å². The van der Waals surface area contributed by atoms with E-state index >= 15 is 0 Å². The van der Waals surface area contributed by atoms with Gasteiger partial charge in [0, 0.05) is 11.3 Å². The number of anilines is 1. The van der Waals surface area contributed by atoms with Gasteiger partial charge in [0.05, 0.1) is 4.90 Å². The van der Waals surface area contributed by atoms with E-state index < -0.39 is 16.0 Å². The van der Waals surface area contributed by atoms with Crippen LogP contribution >= 0.6 is 0 Å². The van der Waals surface area contributed by atoms with Crippen LogP contribution in [-0.4, -0.2) is 18.9 Å². The molecule has 0 unspecified atom stereocenters. The summed E-state index contributed by atoms with van der Waals surface area (Å²) in [5.41, 5.74) is 0.753. The van der Waals surface area contributed by atoms with Crippen molar-refractivity contribution in [3.05, 3.63) is 60.2 Å². The third kappa shape index (κ3) is 3.40. The topological polar surface area (TPSA) is 83.5 Å². The SMILES string of the molecule is O=C(Nc1ccccc1)c1cccc(S(=O)(=O)O)c1. The minimum atomic E-state index is -4.31. The number of hydrogen-bond acceptors (Lipinski definition) is 3. The Bertz CT molecular complexity index is 696. The molecule has 19 heavy (non-hydrogen) atoms. The normalized spacial score (nSPS) is 11.0. The number of hydrogen-bond donors (Lipinski definition) is 2. The van der Waals surface area contributed by atoms with E-state index in [0.717, 1.165) is 6.07 Å². The third-order valence-electron chi connectivity index (χ3n) is 2.43. The molecule has 0 saturated heterocycles. The summed E-state index contributed by atoms with van der Waals surface area (Å²) in [6, 6.07) is 14.0. The minimum Gasteiger partial charge on any atom is -0.322 e. The summed E-state index contributed by atoms with van der Waals surface area (Å²) in [4.78, 5) is 11.6. The number of nitrogens with one attached hydrogen (secondary N) is 1. The van der Waals surface area contributed by atoms with Crippen molar-refractivity contribution < 1.29 is 17.8 Å². The lowest BCUT2D eigenvalue weighted by molar-refractivity contribution is 0.102. The van der Waals surface area contributed by atoms with Crippen LogP contribution in [0.3, 0.4) is 0 Å². The number of rotatable bonds is 3. The Labute approximate surface area is 110 Å². The van der Waals surface area contributed by atoms with E-state index in [9.17, 15) is 13.2 Å². The fraction of sp³-hybridized carbons (Fsp3) is 0. The molecule has 0 saturated carbocycles. The molecule has 2 aromatic rings. The largest absolute Gasteiger partial charge is 0.322 e. The fourth-order valence-corrected chi connectivity index (χ4v) is 2.05. The molecule has 2 N–H and O–H groups in total. The van der Waals surface area contributed by atoms with Crippen molar-refractivity contribution in [3.63, 3.8) is 0 Å². The van der Waals surface area contributed by atoms with Crippen LogP contribution in [0.5, 0.6) is 0 Å². The second kappa shape index (κ2) is 5.21. The molecular weight excluding hydrogens is 266 g/mol. The molecule has 0 aromatic heterocycles. The van der Waals surface area contributed by atoms with Crippen LogP contribution in [0.1, 0.15) is 10.4 Å². The van der Waals surface area contributed by atoms with E-state index in [2.05, 4.69) is 5.32 Å². The van der Waals surface area contributed by atoms with Crippen molar-refractivity contribution in [3.8, 4) is 0 Å². The third-order valence-corrected chi connectivity index (χ3v) is 3.28. The first-order chi connectivity index (χ1) is 8.97. The predicted octanol–water partition coefficient (Wildman–Crippen LogP) is 2.19. The number of para-hydroxylation sites is 1. The highest BCUT2D eigenvalue weighted by Gasteiger charge is 2.13. The molecule has 0 aliphatic heterocycles. The lowest BCUT2D eigenvalue weighted by atomic mass is 10.2. The molecule has 98 valence electrons. The van der Waals surface area contributed by atoms with Gasteiger partial charge in [0.15, 0.2) is 0 Å². The molecule has 0 atom stereocenters. The highest BCUT2D eigenvalue weighted by molar-refractivity contribution is 7.85. The average molecular weight is 277 g/mol. The van der Waals surface area contributed by atoms with Gasteiger partial charge in [0.25, 0.3) is 16.0 Å². The Hall–Kier alpha value is -2.18. The Morgan fingerprint density at radius 1 is 1.00 bits per heavy atom. The lowest BCUT2D eigenvalue weighted by Crippen LogP contribution is -2.12. The van der Waals surface area contributed by atoms with Crippen molar-refractivity contribution in [2.75, 3.05) is 5.32 Å². The minimum absolute atomic E-state index is 0.152. The van der Waals surface area contributed by atoms with E-state index in [4.69, 9.17) is 4.55 Å². The zero-order valence-electron chi connectivity index (χ0n) is 9.78. The molecule has 0 spiro atoms. The van der Waals surface area contributed by atoms with Crippen molar-refractivity contribution in [2.24, 2.45) is 0 Å². The van der Waals surface area contributed by atoms with Crippen LogP contribution in [0, 0.1) is 0 Å². The Morgan fingerprint density at radius 3 is 2.32 bits per heavy atom. The van der Waals surface area contributed by atoms with Gasteiger partial charge in [-0.25, -0.2) is 0 Å². The van der Waals surface area contributed by atoms with Gasteiger partial charge in [-0.15, -0.1) is 0 Å². The zero-order chi connectivity index (χ0) is 13.9. The molecule has 2 aromatic carbocycles. The van der Waals surface area contributed by atoms with Gasteiger partial charge in [0.1, 0.15) is 0 Å². The average Bonchev–Trinajstić information content (AvgIpc) is 2.39. The van der Waals surface area contributed by atoms with Crippen molar-refractivity contribution >= 4 is 21.7 Å². The van der Waals surface area contributed by atoms with E-state index in [-0.39, 0.29) is 10.5 Å². The van der Waals surface area contributed by atoms with E-state index in [0.29, 0.717) is 5.69 Å². The molecule has 6 heteroatoms. The smallest absolute Gasteiger partial charge is 0.294 e. The van der Waals surface area contributed by atoms with Gasteiger partial charge in [-0.05, 0) is 30.3 Å². The van der Waals surface area contributed by atoms with Gasteiger partial charge >= 0.3 is 0 Å². The maximum Gasteiger partial charge on any atom is 0.294 e. The van der Waals surface area contributed by atoms with Crippen LogP contribution in [-0.2, 0) is 10.1 Å². The number of carbonyl (C=O) groups excluding carboxylic acids is 1. The molecular formula is C13H11NO4S. The van der Waals surface area contributed by atoms with Gasteiger partial charge in [-0.3, -0.25) is 9.35 Å². The molecule has 2 rings (SSSR count). The summed E-state index contributed by atoms with van der Waals surface area (Å²) in [5.74, 6) is -0.448. The van der Waals surface area contributed by atoms with Crippen LogP contribution in [0.2, 0.25) is 0 Å². The molecule has 0 aliphatic carbocycles. The molecule has 5 nitrogen and oxygen atoms in total. The van der Waals surface area contributed by atoms with E-state index in [1.807, 2.05) is 6.07 Å². The van der Waals surface area contributed by atoms with E-state index in [1.54, 1.807) is 24.3 Å². The van der Waals surface area contributed by atoms with Gasteiger partial charge < -0.3 is 5.32 Å². The second-order valence-corrected chi connectivity index (χ2v) is 5.24. The lowest BCUT2D eigenvalue weighted by Gasteiger charge is -2.05. The molecule has 0 fully saturated rings. The van der Waals surface area contributed by atoms with Crippen molar-refractivity contribution in [2.45, 2.75) is 4.90 Å². The maximum atomic E-state index is 11.9. The van der Waals surface area contributed by atoms with Crippen molar-refractivity contribution in [1.29, 1.82) is 0 Å². The second-order valence-electron chi connectivity index (χ2n) is 3.82. The quantitative estimate of drug-likeness (QED) is 0.842. The monoisotopic (exact) mass is 277 g/mol. The van der Waals surface area contributed by atoms with Crippen LogP contribution < -0.4 is 5.32 Å². The summed E-state index contributed by atoms with van der Waals surface area (Å²) in [5, 5.41) is 2.62. The predicted molar refractivity (Wildman–Crippen MR) is 70.7 cm³/mol. The summed E-state index contributed by atoms with van der Waals surface area (Å²) in [6.07, 6.45) is 0. The van der Waals surface area contributed by atoms with Crippen LogP contribution in [0.15, 0.2) is 59.5 Å². The van der Waals surface area contributed by atoms with Gasteiger partial charge in [-0.2, -0.15) is 8.42 Å². The van der Waals surface area contributed by atoms with Gasteiger partial charge in [0.2, 0.25) is 0 Å². The number of benzene rings is 2. The Balaban J connectivity index is 2.25. The first kappa shape index (κ1) is 13.3. The molecule has 0 aliphatic rings. The summed E-state index contributed by atoms with van der Waals surface area (Å²) >= 11 is 0. The zero-order valence-corrected chi connectivity index (χ0v) is 10.6. The highest BCUT2D eigenvalue weighted by atomic mass is 32.2. The highest BCUT2D eigenvalue weighted by Crippen LogP contribution is 2.13. The number of carbonyl (C=O) groups is 1. The summed E-state index contributed by atoms with van der Waals surface area (Å²) in [7, 11) is -4.31. The standard InChI is InChI=1S/C13H11NO4S/c15-13(14-11-6-2-1-3-7-11)10-5-4-8-12(9-10)19(16,17)18/h1-9H,(H,14,15)(H,16,17,18). The van der Waals surface area contributed by atoms with E-state index in [1.165, 1.54) is 18.2 Å². The summed E-state index contributed by atoms with van der Waals surface area (Å²) in [6.45, 7) is 0. The molecule has 0 heterocycles. The fourth-order valence-electron chi connectivity index (χ4n) is 1.52. The van der Waals surface area contributed by atoms with Gasteiger partial charge in [-0.1, -0.05) is 24.3 Å². The molecule has 0 radical (unpaired) electrons. The number of amides is 1. The first-order valence-corrected chi connectivity index (χ1v) is 6.85. The maximum absolute atomic E-state index is 11.9. The Kier molecular flexibility index (Phi) is 3.64. The first-order valence-electron chi connectivity index (χ1n) is 5.41. The van der Waals surface area contributed by atoms with Crippen molar-refractivity contribution in [1.82, 2.24) is 0 Å². The summed E-state index contributed by atoms with van der Waals surface area (Å²) < 4.78 is 30.9.